The van der Waals surface area contributed by atoms with Crippen LogP contribution in [0.25, 0.3) is 0 Å². The molecule has 0 radical (unpaired) electrons. The highest BCUT2D eigenvalue weighted by Crippen LogP contribution is 2.44. The number of carbonyl (C=O) groups is 1. The minimum atomic E-state index is -0.762. The van der Waals surface area contributed by atoms with Crippen molar-refractivity contribution in [2.45, 2.75) is 5.92 Å². The Morgan fingerprint density at radius 1 is 1.03 bits per heavy atom. The first-order chi connectivity index (χ1) is 14.5. The number of carbonyl (C=O) groups excluding carboxylic acids is 1. The third-order valence-electron chi connectivity index (χ3n) is 4.70. The summed E-state index contributed by atoms with van der Waals surface area (Å²) in [7, 11) is 0. The van der Waals surface area contributed by atoms with Gasteiger partial charge in [-0.05, 0) is 36.4 Å². The molecular weight excluding hydrogens is 390 g/mol. The molecule has 2 N–H and O–H groups in total. The maximum absolute atomic E-state index is 14.5. The van der Waals surface area contributed by atoms with E-state index in [1.807, 2.05) is 6.07 Å². The van der Waals surface area contributed by atoms with E-state index < -0.39 is 23.5 Å². The lowest BCUT2D eigenvalue weighted by Gasteiger charge is -2.27. The molecule has 30 heavy (non-hydrogen) atoms. The number of nitriles is 1. The molecular formula is C23H14F2N2O3. The fraction of sp³-hybridized carbons (Fsp3) is 0.0435. The molecule has 0 aromatic heterocycles. The minimum absolute atomic E-state index is 0.0867. The molecule has 1 aliphatic rings. The molecule has 7 heteroatoms. The molecule has 1 heterocycles. The number of allylic oxidation sites excluding steroid dienone is 1. The van der Waals surface area contributed by atoms with Crippen LogP contribution in [0.2, 0.25) is 0 Å². The summed E-state index contributed by atoms with van der Waals surface area (Å²) in [5, 5.41) is 9.54. The van der Waals surface area contributed by atoms with Crippen LogP contribution < -0.4 is 15.2 Å². The van der Waals surface area contributed by atoms with E-state index in [1.54, 1.807) is 24.3 Å². The van der Waals surface area contributed by atoms with Gasteiger partial charge in [-0.2, -0.15) is 5.26 Å². The third kappa shape index (κ3) is 3.47. The summed E-state index contributed by atoms with van der Waals surface area (Å²) in [6, 6.07) is 17.5. The second kappa shape index (κ2) is 7.68. The van der Waals surface area contributed by atoms with Crippen LogP contribution in [0.1, 0.15) is 27.4 Å². The molecule has 0 fully saturated rings. The first-order valence-corrected chi connectivity index (χ1v) is 8.91. The lowest BCUT2D eigenvalue weighted by Crippen LogP contribution is -2.21. The second-order valence-corrected chi connectivity index (χ2v) is 6.54. The van der Waals surface area contributed by atoms with Gasteiger partial charge in [-0.15, -0.1) is 0 Å². The summed E-state index contributed by atoms with van der Waals surface area (Å²) in [6.45, 7) is 0. The average Bonchev–Trinajstić information content (AvgIpc) is 2.73. The van der Waals surface area contributed by atoms with Gasteiger partial charge in [0.05, 0.1) is 11.5 Å². The largest absolute Gasteiger partial charge is 0.440 e. The highest BCUT2D eigenvalue weighted by molar-refractivity contribution is 5.91. The first-order valence-electron chi connectivity index (χ1n) is 8.91. The molecule has 4 rings (SSSR count). The Morgan fingerprint density at radius 2 is 1.77 bits per heavy atom. The monoisotopic (exact) mass is 404 g/mol. The molecule has 1 aliphatic heterocycles. The highest BCUT2D eigenvalue weighted by atomic mass is 19.1. The minimum Gasteiger partial charge on any atom is -0.440 e. The van der Waals surface area contributed by atoms with Gasteiger partial charge < -0.3 is 15.2 Å². The number of nitrogens with zero attached hydrogens (tertiary/aromatic N) is 1. The molecule has 0 aliphatic carbocycles. The zero-order valence-electron chi connectivity index (χ0n) is 15.4. The quantitative estimate of drug-likeness (QED) is 0.517. The molecule has 0 saturated heterocycles. The maximum Gasteiger partial charge on any atom is 0.343 e. The van der Waals surface area contributed by atoms with Crippen LogP contribution in [0.5, 0.6) is 11.5 Å². The maximum atomic E-state index is 14.5. The molecule has 1 atom stereocenters. The van der Waals surface area contributed by atoms with Crippen molar-refractivity contribution >= 4 is 5.97 Å². The van der Waals surface area contributed by atoms with Gasteiger partial charge in [0, 0.05) is 17.2 Å². The molecule has 1 unspecified atom stereocenters. The van der Waals surface area contributed by atoms with E-state index in [1.165, 1.54) is 30.3 Å². The third-order valence-corrected chi connectivity index (χ3v) is 4.70. The van der Waals surface area contributed by atoms with E-state index in [0.717, 1.165) is 12.1 Å². The van der Waals surface area contributed by atoms with E-state index in [2.05, 4.69) is 0 Å². The lowest BCUT2D eigenvalue weighted by molar-refractivity contribution is 0.0734. The number of hydrogen-bond acceptors (Lipinski definition) is 5. The Bertz CT molecular complexity index is 1210. The van der Waals surface area contributed by atoms with Gasteiger partial charge in [0.1, 0.15) is 34.8 Å². The van der Waals surface area contributed by atoms with Crippen LogP contribution >= 0.6 is 0 Å². The molecule has 0 saturated carbocycles. The van der Waals surface area contributed by atoms with Crippen LogP contribution in [0.15, 0.2) is 78.2 Å². The predicted molar refractivity (Wildman–Crippen MR) is 103 cm³/mol. The fourth-order valence-electron chi connectivity index (χ4n) is 3.28. The van der Waals surface area contributed by atoms with E-state index in [9.17, 15) is 18.8 Å². The van der Waals surface area contributed by atoms with Crippen molar-refractivity contribution < 1.29 is 23.0 Å². The topological polar surface area (TPSA) is 85.3 Å². The van der Waals surface area contributed by atoms with E-state index in [4.69, 9.17) is 15.2 Å². The van der Waals surface area contributed by atoms with Gasteiger partial charge in [0.2, 0.25) is 5.88 Å². The Balaban J connectivity index is 1.70. The van der Waals surface area contributed by atoms with Crippen LogP contribution in [0.3, 0.4) is 0 Å². The van der Waals surface area contributed by atoms with Crippen molar-refractivity contribution in [2.24, 2.45) is 5.73 Å². The predicted octanol–water partition coefficient (Wildman–Crippen LogP) is 4.40. The van der Waals surface area contributed by atoms with Crippen LogP contribution in [0.4, 0.5) is 8.78 Å². The van der Waals surface area contributed by atoms with E-state index >= 15 is 0 Å². The van der Waals surface area contributed by atoms with E-state index in [-0.39, 0.29) is 34.1 Å². The van der Waals surface area contributed by atoms with Crippen molar-refractivity contribution in [2.75, 3.05) is 0 Å². The van der Waals surface area contributed by atoms with Crippen molar-refractivity contribution in [3.63, 3.8) is 0 Å². The lowest BCUT2D eigenvalue weighted by atomic mass is 9.83. The number of rotatable bonds is 3. The zero-order valence-corrected chi connectivity index (χ0v) is 15.4. The average molecular weight is 404 g/mol. The van der Waals surface area contributed by atoms with Gasteiger partial charge in [-0.25, -0.2) is 13.6 Å². The van der Waals surface area contributed by atoms with Crippen molar-refractivity contribution in [1.82, 2.24) is 0 Å². The smallest absolute Gasteiger partial charge is 0.343 e. The first kappa shape index (κ1) is 19.2. The Kier molecular flexibility index (Phi) is 4.90. The summed E-state index contributed by atoms with van der Waals surface area (Å²) in [5.41, 5.74) is 6.95. The number of fused-ring (bicyclic) bond motifs is 1. The van der Waals surface area contributed by atoms with Crippen LogP contribution in [-0.4, -0.2) is 5.97 Å². The Labute approximate surface area is 170 Å². The van der Waals surface area contributed by atoms with Crippen molar-refractivity contribution in [3.8, 4) is 17.6 Å². The fourth-order valence-corrected chi connectivity index (χ4v) is 3.28. The number of hydrogen-bond donors (Lipinski definition) is 1. The molecule has 0 bridgehead atoms. The summed E-state index contributed by atoms with van der Waals surface area (Å²) in [6.07, 6.45) is 0. The normalized spacial score (nSPS) is 15.0. The highest BCUT2D eigenvalue weighted by Gasteiger charge is 2.32. The van der Waals surface area contributed by atoms with Crippen molar-refractivity contribution in [3.05, 3.63) is 107 Å². The van der Waals surface area contributed by atoms with Gasteiger partial charge in [0.15, 0.2) is 0 Å². The number of benzene rings is 3. The molecule has 0 spiro atoms. The van der Waals surface area contributed by atoms with Gasteiger partial charge in [-0.3, -0.25) is 0 Å². The molecule has 0 amide bonds. The molecule has 3 aromatic carbocycles. The number of esters is 1. The number of halogens is 2. The molecule has 5 nitrogen and oxygen atoms in total. The Hall–Kier alpha value is -4.18. The van der Waals surface area contributed by atoms with Crippen LogP contribution in [0, 0.1) is 23.0 Å². The van der Waals surface area contributed by atoms with Gasteiger partial charge in [0.25, 0.3) is 0 Å². The summed E-state index contributed by atoms with van der Waals surface area (Å²) < 4.78 is 38.4. The van der Waals surface area contributed by atoms with Crippen LogP contribution in [-0.2, 0) is 0 Å². The number of ether oxygens (including phenoxy) is 2. The summed E-state index contributed by atoms with van der Waals surface area (Å²) in [5.74, 6) is -2.15. The van der Waals surface area contributed by atoms with E-state index in [0.29, 0.717) is 5.56 Å². The number of nitrogens with two attached hydrogens (primary N) is 1. The molecule has 3 aromatic rings. The standard InChI is InChI=1S/C23H14F2N2O3/c24-14-7-5-13(6-8-14)23(28)29-15-9-10-17-20(11-15)30-22(27)18(12-26)21(17)16-3-1-2-4-19(16)25/h1-11,21H,27H2. The second-order valence-electron chi connectivity index (χ2n) is 6.54. The summed E-state index contributed by atoms with van der Waals surface area (Å²) in [4.78, 5) is 12.3. The Morgan fingerprint density at radius 3 is 2.47 bits per heavy atom. The zero-order chi connectivity index (χ0) is 21.3. The summed E-state index contributed by atoms with van der Waals surface area (Å²) >= 11 is 0. The van der Waals surface area contributed by atoms with Gasteiger partial charge >= 0.3 is 5.97 Å². The van der Waals surface area contributed by atoms with Crippen molar-refractivity contribution in [1.29, 1.82) is 5.26 Å². The van der Waals surface area contributed by atoms with Gasteiger partial charge in [-0.1, -0.05) is 24.3 Å². The SMILES string of the molecule is N#CC1=C(N)Oc2cc(OC(=O)c3ccc(F)cc3)ccc2C1c1ccccc1F. The molecule has 148 valence electrons.